The summed E-state index contributed by atoms with van der Waals surface area (Å²) < 4.78 is 14.6. The molecule has 1 unspecified atom stereocenters. The highest BCUT2D eigenvalue weighted by Gasteiger charge is 2.20. The highest BCUT2D eigenvalue weighted by atomic mass is 16.5. The SMILES string of the molecule is COCC(C)n1c(C)cc(C(=O)COC(=O)c2ccc(C)c(-n3cccc3)c2)c1C. The molecule has 0 saturated carbocycles. The summed E-state index contributed by atoms with van der Waals surface area (Å²) in [6, 6.07) is 11.2. The summed E-state index contributed by atoms with van der Waals surface area (Å²) in [5.41, 5.74) is 4.74. The van der Waals surface area contributed by atoms with Crippen LogP contribution in [0.25, 0.3) is 5.69 Å². The maximum absolute atomic E-state index is 12.7. The van der Waals surface area contributed by atoms with Crippen molar-refractivity contribution in [1.82, 2.24) is 9.13 Å². The standard InChI is InChI=1S/C24H28N2O4/c1-16-8-9-20(13-22(16)25-10-6-7-11-25)24(28)30-15-23(27)21-12-17(2)26(19(21)4)18(3)14-29-5/h6-13,18H,14-15H2,1-5H3. The number of benzene rings is 1. The zero-order valence-corrected chi connectivity index (χ0v) is 18.1. The molecule has 3 rings (SSSR count). The molecule has 3 aromatic rings. The molecule has 0 fully saturated rings. The van der Waals surface area contributed by atoms with Gasteiger partial charge >= 0.3 is 5.97 Å². The van der Waals surface area contributed by atoms with Gasteiger partial charge in [0.1, 0.15) is 0 Å². The van der Waals surface area contributed by atoms with Gasteiger partial charge in [-0.15, -0.1) is 0 Å². The summed E-state index contributed by atoms with van der Waals surface area (Å²) in [6.07, 6.45) is 3.84. The molecule has 0 aliphatic rings. The topological polar surface area (TPSA) is 62.5 Å². The maximum atomic E-state index is 12.7. The van der Waals surface area contributed by atoms with Crippen LogP contribution in [-0.2, 0) is 9.47 Å². The van der Waals surface area contributed by atoms with Crippen LogP contribution in [-0.4, -0.2) is 41.2 Å². The molecular weight excluding hydrogens is 380 g/mol. The van der Waals surface area contributed by atoms with Crippen LogP contribution in [0, 0.1) is 20.8 Å². The molecule has 0 N–H and O–H groups in total. The summed E-state index contributed by atoms with van der Waals surface area (Å²) in [4.78, 5) is 25.3. The number of hydrogen-bond acceptors (Lipinski definition) is 4. The number of esters is 1. The first-order valence-electron chi connectivity index (χ1n) is 9.95. The number of ether oxygens (including phenoxy) is 2. The van der Waals surface area contributed by atoms with Crippen molar-refractivity contribution in [2.75, 3.05) is 20.3 Å². The lowest BCUT2D eigenvalue weighted by atomic mass is 10.1. The van der Waals surface area contributed by atoms with Crippen LogP contribution in [0.15, 0.2) is 48.8 Å². The smallest absolute Gasteiger partial charge is 0.338 e. The van der Waals surface area contributed by atoms with Crippen LogP contribution in [0.2, 0.25) is 0 Å². The van der Waals surface area contributed by atoms with Gasteiger partial charge in [0.05, 0.1) is 18.2 Å². The van der Waals surface area contributed by atoms with Crippen LogP contribution in [0.1, 0.15) is 50.6 Å². The van der Waals surface area contributed by atoms with Gasteiger partial charge in [0.25, 0.3) is 0 Å². The van der Waals surface area contributed by atoms with Crippen molar-refractivity contribution in [1.29, 1.82) is 0 Å². The minimum Gasteiger partial charge on any atom is -0.454 e. The highest BCUT2D eigenvalue weighted by molar-refractivity contribution is 6.00. The van der Waals surface area contributed by atoms with Gasteiger partial charge in [0, 0.05) is 42.1 Å². The number of carbonyl (C=O) groups is 2. The van der Waals surface area contributed by atoms with Crippen LogP contribution >= 0.6 is 0 Å². The molecular formula is C24H28N2O4. The van der Waals surface area contributed by atoms with Crippen molar-refractivity contribution in [3.8, 4) is 5.69 Å². The van der Waals surface area contributed by atoms with E-state index in [4.69, 9.17) is 9.47 Å². The van der Waals surface area contributed by atoms with Gasteiger partial charge in [-0.05, 0) is 63.6 Å². The lowest BCUT2D eigenvalue weighted by molar-refractivity contribution is 0.0474. The summed E-state index contributed by atoms with van der Waals surface area (Å²) in [7, 11) is 1.66. The second-order valence-corrected chi connectivity index (χ2v) is 7.55. The Balaban J connectivity index is 1.72. The van der Waals surface area contributed by atoms with E-state index >= 15 is 0 Å². The largest absolute Gasteiger partial charge is 0.454 e. The fourth-order valence-electron chi connectivity index (χ4n) is 3.86. The second kappa shape index (κ2) is 9.13. The Morgan fingerprint density at radius 2 is 1.77 bits per heavy atom. The van der Waals surface area contributed by atoms with Gasteiger partial charge in [-0.2, -0.15) is 0 Å². The number of aromatic nitrogens is 2. The summed E-state index contributed by atoms with van der Waals surface area (Å²) >= 11 is 0. The normalized spacial score (nSPS) is 12.0. The quantitative estimate of drug-likeness (QED) is 0.408. The Bertz CT molecular complexity index is 1050. The molecule has 0 aliphatic carbocycles. The van der Waals surface area contributed by atoms with E-state index in [1.165, 1.54) is 0 Å². The first kappa shape index (κ1) is 21.6. The number of methoxy groups -OCH3 is 1. The van der Waals surface area contributed by atoms with Gasteiger partial charge in [-0.1, -0.05) is 6.07 Å². The van der Waals surface area contributed by atoms with Crippen molar-refractivity contribution in [3.05, 3.63) is 76.9 Å². The van der Waals surface area contributed by atoms with E-state index < -0.39 is 5.97 Å². The predicted molar refractivity (Wildman–Crippen MR) is 116 cm³/mol. The minimum atomic E-state index is -0.515. The average Bonchev–Trinajstić information content (AvgIpc) is 3.34. The Labute approximate surface area is 177 Å². The number of hydrogen-bond donors (Lipinski definition) is 0. The number of nitrogens with zero attached hydrogens (tertiary/aromatic N) is 2. The third kappa shape index (κ3) is 4.39. The zero-order chi connectivity index (χ0) is 21.8. The molecule has 158 valence electrons. The predicted octanol–water partition coefficient (Wildman–Crippen LogP) is 4.45. The first-order chi connectivity index (χ1) is 14.3. The molecule has 6 heteroatoms. The lowest BCUT2D eigenvalue weighted by Gasteiger charge is -2.17. The zero-order valence-electron chi connectivity index (χ0n) is 18.1. The Kier molecular flexibility index (Phi) is 6.57. The van der Waals surface area contributed by atoms with Crippen molar-refractivity contribution < 1.29 is 19.1 Å². The molecule has 0 spiro atoms. The summed E-state index contributed by atoms with van der Waals surface area (Å²) in [6.45, 7) is 8.13. The van der Waals surface area contributed by atoms with Crippen molar-refractivity contribution in [2.24, 2.45) is 0 Å². The lowest BCUT2D eigenvalue weighted by Crippen LogP contribution is -2.17. The molecule has 2 heterocycles. The van der Waals surface area contributed by atoms with Crippen molar-refractivity contribution in [3.63, 3.8) is 0 Å². The molecule has 30 heavy (non-hydrogen) atoms. The van der Waals surface area contributed by atoms with Gasteiger partial charge in [0.15, 0.2) is 6.61 Å². The Morgan fingerprint density at radius 1 is 1.07 bits per heavy atom. The number of aryl methyl sites for hydroxylation is 2. The molecule has 2 aromatic heterocycles. The first-order valence-corrected chi connectivity index (χ1v) is 9.95. The van der Waals surface area contributed by atoms with E-state index in [1.807, 2.05) is 68.9 Å². The molecule has 6 nitrogen and oxygen atoms in total. The number of Topliss-reactive ketones (excluding diaryl/α,β-unsaturated/α-hetero) is 1. The van der Waals surface area contributed by atoms with Crippen molar-refractivity contribution in [2.45, 2.75) is 33.7 Å². The Hall–Kier alpha value is -3.12. The number of ketones is 1. The van der Waals surface area contributed by atoms with E-state index in [9.17, 15) is 9.59 Å². The van der Waals surface area contributed by atoms with Crippen LogP contribution in [0.5, 0.6) is 0 Å². The fourth-order valence-corrected chi connectivity index (χ4v) is 3.86. The fraction of sp³-hybridized carbons (Fsp3) is 0.333. The van der Waals surface area contributed by atoms with E-state index in [0.717, 1.165) is 22.6 Å². The van der Waals surface area contributed by atoms with Gasteiger partial charge in [-0.3, -0.25) is 4.79 Å². The molecule has 0 bridgehead atoms. The molecule has 0 saturated heterocycles. The third-order valence-electron chi connectivity index (χ3n) is 5.30. The molecule has 0 radical (unpaired) electrons. The summed E-state index contributed by atoms with van der Waals surface area (Å²) in [5.74, 6) is -0.733. The second-order valence-electron chi connectivity index (χ2n) is 7.55. The highest BCUT2D eigenvalue weighted by Crippen LogP contribution is 2.22. The minimum absolute atomic E-state index is 0.110. The Morgan fingerprint density at radius 3 is 2.43 bits per heavy atom. The summed E-state index contributed by atoms with van der Waals surface area (Å²) in [5, 5.41) is 0. The van der Waals surface area contributed by atoms with Crippen LogP contribution in [0.4, 0.5) is 0 Å². The molecule has 1 aromatic carbocycles. The average molecular weight is 408 g/mol. The van der Waals surface area contributed by atoms with Crippen molar-refractivity contribution >= 4 is 11.8 Å². The van der Waals surface area contributed by atoms with E-state index in [2.05, 4.69) is 4.57 Å². The molecule has 0 aliphatic heterocycles. The van der Waals surface area contributed by atoms with Gasteiger partial charge in [-0.25, -0.2) is 4.79 Å². The number of carbonyl (C=O) groups excluding carboxylic acids is 2. The van der Waals surface area contributed by atoms with E-state index in [1.54, 1.807) is 19.2 Å². The van der Waals surface area contributed by atoms with E-state index in [0.29, 0.717) is 17.7 Å². The van der Waals surface area contributed by atoms with Crippen LogP contribution in [0.3, 0.4) is 0 Å². The monoisotopic (exact) mass is 408 g/mol. The maximum Gasteiger partial charge on any atom is 0.338 e. The van der Waals surface area contributed by atoms with Crippen LogP contribution < -0.4 is 0 Å². The number of rotatable bonds is 8. The third-order valence-corrected chi connectivity index (χ3v) is 5.30. The van der Waals surface area contributed by atoms with E-state index in [-0.39, 0.29) is 18.4 Å². The van der Waals surface area contributed by atoms with Gasteiger partial charge < -0.3 is 18.6 Å². The molecule has 0 amide bonds. The van der Waals surface area contributed by atoms with Gasteiger partial charge in [0.2, 0.25) is 5.78 Å². The molecule has 1 atom stereocenters.